The van der Waals surface area contributed by atoms with Gasteiger partial charge in [-0.3, -0.25) is 0 Å². The second kappa shape index (κ2) is 6.65. The normalized spacial score (nSPS) is 17.3. The lowest BCUT2D eigenvalue weighted by atomic mass is 9.97. The third-order valence-corrected chi connectivity index (χ3v) is 3.79. The summed E-state index contributed by atoms with van der Waals surface area (Å²) in [6, 6.07) is 6.85. The van der Waals surface area contributed by atoms with Crippen molar-refractivity contribution in [3.05, 3.63) is 35.1 Å². The van der Waals surface area contributed by atoms with E-state index in [0.29, 0.717) is 18.0 Å². The minimum absolute atomic E-state index is 0.124. The Morgan fingerprint density at radius 3 is 2.84 bits per heavy atom. The van der Waals surface area contributed by atoms with Gasteiger partial charge >= 0.3 is 0 Å². The van der Waals surface area contributed by atoms with Gasteiger partial charge in [-0.1, -0.05) is 12.1 Å². The van der Waals surface area contributed by atoms with E-state index in [9.17, 15) is 4.39 Å². The molecule has 0 bridgehead atoms. The summed E-state index contributed by atoms with van der Waals surface area (Å²) < 4.78 is 13.8. The number of nitriles is 1. The molecule has 0 spiro atoms. The highest BCUT2D eigenvalue weighted by Gasteiger charge is 2.16. The molecule has 0 saturated carbocycles. The molecule has 102 valence electrons. The maximum atomic E-state index is 13.8. The number of nitrogens with zero attached hydrogens (tertiary/aromatic N) is 2. The quantitative estimate of drug-likeness (QED) is 0.902. The topological polar surface area (TPSA) is 39.1 Å². The van der Waals surface area contributed by atoms with Crippen LogP contribution in [0.4, 0.5) is 4.39 Å². The summed E-state index contributed by atoms with van der Waals surface area (Å²) in [5.41, 5.74) is 0.700. The van der Waals surface area contributed by atoms with Gasteiger partial charge in [0.1, 0.15) is 11.9 Å². The van der Waals surface area contributed by atoms with Crippen LogP contribution in [0.25, 0.3) is 0 Å². The van der Waals surface area contributed by atoms with Gasteiger partial charge < -0.3 is 10.2 Å². The van der Waals surface area contributed by atoms with Gasteiger partial charge in [0.15, 0.2) is 0 Å². The Morgan fingerprint density at radius 1 is 1.42 bits per heavy atom. The van der Waals surface area contributed by atoms with Crippen LogP contribution in [0.5, 0.6) is 0 Å². The molecule has 1 aromatic carbocycles. The van der Waals surface area contributed by atoms with Crippen molar-refractivity contribution in [2.45, 2.75) is 19.4 Å². The number of piperidine rings is 1. The highest BCUT2D eigenvalue weighted by atomic mass is 19.1. The molecular formula is C15H20FN3. The molecular weight excluding hydrogens is 241 g/mol. The Bertz CT molecular complexity index is 459. The van der Waals surface area contributed by atoms with Crippen LogP contribution in [0.3, 0.4) is 0 Å². The molecule has 0 unspecified atom stereocenters. The standard InChI is InChI=1S/C15H20FN3/c1-19-7-5-12(6-8-19)10-18-11-14-4-2-3-13(9-17)15(14)16/h2-4,12,18H,5-8,10-11H2,1H3. The van der Waals surface area contributed by atoms with Gasteiger partial charge in [-0.2, -0.15) is 5.26 Å². The highest BCUT2D eigenvalue weighted by molar-refractivity contribution is 5.34. The Labute approximate surface area is 114 Å². The lowest BCUT2D eigenvalue weighted by Crippen LogP contribution is -2.34. The van der Waals surface area contributed by atoms with Gasteiger partial charge in [0.05, 0.1) is 5.56 Å². The van der Waals surface area contributed by atoms with Gasteiger partial charge in [-0.15, -0.1) is 0 Å². The van der Waals surface area contributed by atoms with Crippen molar-refractivity contribution in [3.63, 3.8) is 0 Å². The number of likely N-dealkylation sites (tertiary alicyclic amines) is 1. The zero-order valence-electron chi connectivity index (χ0n) is 11.3. The summed E-state index contributed by atoms with van der Waals surface area (Å²) in [4.78, 5) is 2.34. The van der Waals surface area contributed by atoms with Gasteiger partial charge in [-0.05, 0) is 51.5 Å². The number of halogens is 1. The largest absolute Gasteiger partial charge is 0.312 e. The second-order valence-corrected chi connectivity index (χ2v) is 5.27. The first-order chi connectivity index (χ1) is 9.20. The number of hydrogen-bond donors (Lipinski definition) is 1. The summed E-state index contributed by atoms with van der Waals surface area (Å²) in [6.45, 7) is 3.70. The molecule has 1 fully saturated rings. The van der Waals surface area contributed by atoms with Crippen molar-refractivity contribution in [1.29, 1.82) is 5.26 Å². The van der Waals surface area contributed by atoms with Gasteiger partial charge in [-0.25, -0.2) is 4.39 Å². The van der Waals surface area contributed by atoms with E-state index in [4.69, 9.17) is 5.26 Å². The Balaban J connectivity index is 1.81. The fourth-order valence-corrected chi connectivity index (χ4v) is 2.48. The van der Waals surface area contributed by atoms with E-state index in [2.05, 4.69) is 17.3 Å². The van der Waals surface area contributed by atoms with Crippen molar-refractivity contribution < 1.29 is 4.39 Å². The van der Waals surface area contributed by atoms with E-state index in [1.807, 2.05) is 6.07 Å². The fourth-order valence-electron chi connectivity index (χ4n) is 2.48. The van der Waals surface area contributed by atoms with Crippen LogP contribution in [0.15, 0.2) is 18.2 Å². The molecule has 0 atom stereocenters. The summed E-state index contributed by atoms with van der Waals surface area (Å²) in [5, 5.41) is 12.1. The zero-order chi connectivity index (χ0) is 13.7. The summed E-state index contributed by atoms with van der Waals surface area (Å²) >= 11 is 0. The average Bonchev–Trinajstić information content (AvgIpc) is 2.43. The molecule has 1 heterocycles. The lowest BCUT2D eigenvalue weighted by Gasteiger charge is -2.29. The molecule has 0 radical (unpaired) electrons. The fraction of sp³-hybridized carbons (Fsp3) is 0.533. The molecule has 1 aliphatic heterocycles. The van der Waals surface area contributed by atoms with E-state index in [1.54, 1.807) is 12.1 Å². The van der Waals surface area contributed by atoms with E-state index in [0.717, 1.165) is 19.6 Å². The number of nitrogens with one attached hydrogen (secondary N) is 1. The third-order valence-electron chi connectivity index (χ3n) is 3.79. The van der Waals surface area contributed by atoms with E-state index < -0.39 is 0 Å². The van der Waals surface area contributed by atoms with E-state index in [-0.39, 0.29) is 11.4 Å². The third kappa shape index (κ3) is 3.76. The minimum Gasteiger partial charge on any atom is -0.312 e. The highest BCUT2D eigenvalue weighted by Crippen LogP contribution is 2.16. The van der Waals surface area contributed by atoms with Crippen molar-refractivity contribution in [1.82, 2.24) is 10.2 Å². The Kier molecular flexibility index (Phi) is 4.89. The molecule has 1 aliphatic rings. The molecule has 3 nitrogen and oxygen atoms in total. The first-order valence-corrected chi connectivity index (χ1v) is 6.77. The summed E-state index contributed by atoms with van der Waals surface area (Å²) in [7, 11) is 2.15. The van der Waals surface area contributed by atoms with Gasteiger partial charge in [0, 0.05) is 12.1 Å². The minimum atomic E-state index is -0.388. The van der Waals surface area contributed by atoms with Crippen molar-refractivity contribution in [2.75, 3.05) is 26.7 Å². The van der Waals surface area contributed by atoms with E-state index >= 15 is 0 Å². The van der Waals surface area contributed by atoms with E-state index in [1.165, 1.54) is 18.9 Å². The molecule has 0 aliphatic carbocycles. The van der Waals surface area contributed by atoms with Crippen molar-refractivity contribution in [3.8, 4) is 6.07 Å². The first-order valence-electron chi connectivity index (χ1n) is 6.77. The first kappa shape index (κ1) is 14.0. The molecule has 0 amide bonds. The summed E-state index contributed by atoms with van der Waals surface area (Å²) in [6.07, 6.45) is 2.40. The number of hydrogen-bond acceptors (Lipinski definition) is 3. The van der Waals surface area contributed by atoms with Crippen LogP contribution in [-0.2, 0) is 6.54 Å². The van der Waals surface area contributed by atoms with Crippen LogP contribution < -0.4 is 5.32 Å². The molecule has 1 aromatic rings. The predicted molar refractivity (Wildman–Crippen MR) is 73.0 cm³/mol. The van der Waals surface area contributed by atoms with Crippen molar-refractivity contribution >= 4 is 0 Å². The van der Waals surface area contributed by atoms with Gasteiger partial charge in [0.25, 0.3) is 0 Å². The van der Waals surface area contributed by atoms with Crippen molar-refractivity contribution in [2.24, 2.45) is 5.92 Å². The molecule has 1 N–H and O–H groups in total. The summed E-state index contributed by atoms with van der Waals surface area (Å²) in [5.74, 6) is 0.291. The second-order valence-electron chi connectivity index (χ2n) is 5.27. The Hall–Kier alpha value is -1.44. The van der Waals surface area contributed by atoms with Gasteiger partial charge in [0.2, 0.25) is 0 Å². The van der Waals surface area contributed by atoms with Crippen LogP contribution in [0.2, 0.25) is 0 Å². The molecule has 1 saturated heterocycles. The van der Waals surface area contributed by atoms with Crippen LogP contribution >= 0.6 is 0 Å². The Morgan fingerprint density at radius 2 is 2.16 bits per heavy atom. The maximum Gasteiger partial charge on any atom is 0.145 e. The molecule has 0 aromatic heterocycles. The zero-order valence-corrected chi connectivity index (χ0v) is 11.3. The average molecular weight is 261 g/mol. The predicted octanol–water partition coefficient (Wildman–Crippen LogP) is 2.13. The SMILES string of the molecule is CN1CCC(CNCc2cccc(C#N)c2F)CC1. The maximum absolute atomic E-state index is 13.8. The van der Waals surface area contributed by atoms with Crippen LogP contribution in [0, 0.1) is 23.1 Å². The molecule has 2 rings (SSSR count). The smallest absolute Gasteiger partial charge is 0.145 e. The number of rotatable bonds is 4. The monoisotopic (exact) mass is 261 g/mol. The molecule has 19 heavy (non-hydrogen) atoms. The molecule has 4 heteroatoms. The number of benzene rings is 1. The van der Waals surface area contributed by atoms with Crippen LogP contribution in [-0.4, -0.2) is 31.6 Å². The van der Waals surface area contributed by atoms with Crippen LogP contribution in [0.1, 0.15) is 24.0 Å². The lowest BCUT2D eigenvalue weighted by molar-refractivity contribution is 0.216.